The first kappa shape index (κ1) is 12.8. The number of nitrogens with zero attached hydrogens (tertiary/aromatic N) is 2. The Labute approximate surface area is 110 Å². The molecule has 2 rings (SSSR count). The molecule has 0 radical (unpaired) electrons. The van der Waals surface area contributed by atoms with Crippen LogP contribution in [0.5, 0.6) is 0 Å². The van der Waals surface area contributed by atoms with E-state index in [9.17, 15) is 0 Å². The molecule has 5 nitrogen and oxygen atoms in total. The van der Waals surface area contributed by atoms with E-state index in [0.29, 0.717) is 18.2 Å². The van der Waals surface area contributed by atoms with Crippen LogP contribution in [0.1, 0.15) is 21.8 Å². The first-order chi connectivity index (χ1) is 8.61. The average Bonchev–Trinajstić information content (AvgIpc) is 2.69. The highest BCUT2D eigenvalue weighted by molar-refractivity contribution is 7.10. The SMILES string of the molecule is Cc1ncc(CNc2csc(CO)c2C)c(N)n1. The monoisotopic (exact) mass is 264 g/mol. The second kappa shape index (κ2) is 5.32. The van der Waals surface area contributed by atoms with Crippen molar-refractivity contribution >= 4 is 22.8 Å². The molecule has 18 heavy (non-hydrogen) atoms. The Hall–Kier alpha value is -1.66. The van der Waals surface area contributed by atoms with Gasteiger partial charge in [0.15, 0.2) is 0 Å². The van der Waals surface area contributed by atoms with Gasteiger partial charge in [0.1, 0.15) is 11.6 Å². The Morgan fingerprint density at radius 1 is 1.44 bits per heavy atom. The molecule has 2 aromatic rings. The molecule has 0 aliphatic heterocycles. The van der Waals surface area contributed by atoms with Gasteiger partial charge in [-0.15, -0.1) is 11.3 Å². The summed E-state index contributed by atoms with van der Waals surface area (Å²) in [6, 6.07) is 0. The van der Waals surface area contributed by atoms with Gasteiger partial charge in [0.05, 0.1) is 6.61 Å². The molecule has 0 spiro atoms. The smallest absolute Gasteiger partial charge is 0.132 e. The first-order valence-electron chi connectivity index (χ1n) is 5.61. The lowest BCUT2D eigenvalue weighted by Crippen LogP contribution is -2.06. The van der Waals surface area contributed by atoms with Crippen molar-refractivity contribution in [1.29, 1.82) is 0 Å². The molecule has 0 aliphatic carbocycles. The van der Waals surface area contributed by atoms with Crippen LogP contribution in [0.2, 0.25) is 0 Å². The summed E-state index contributed by atoms with van der Waals surface area (Å²) in [6.07, 6.45) is 1.74. The van der Waals surface area contributed by atoms with Gasteiger partial charge in [-0.25, -0.2) is 9.97 Å². The molecular weight excluding hydrogens is 248 g/mol. The molecule has 0 aromatic carbocycles. The molecule has 0 unspecified atom stereocenters. The maximum absolute atomic E-state index is 9.13. The van der Waals surface area contributed by atoms with E-state index in [0.717, 1.165) is 21.7 Å². The van der Waals surface area contributed by atoms with Crippen LogP contribution in [0.25, 0.3) is 0 Å². The number of nitrogens with one attached hydrogen (secondary N) is 1. The number of aromatic nitrogens is 2. The highest BCUT2D eigenvalue weighted by atomic mass is 32.1. The largest absolute Gasteiger partial charge is 0.391 e. The minimum Gasteiger partial charge on any atom is -0.391 e. The van der Waals surface area contributed by atoms with Crippen LogP contribution in [0.3, 0.4) is 0 Å². The van der Waals surface area contributed by atoms with Gasteiger partial charge in [0.2, 0.25) is 0 Å². The van der Waals surface area contributed by atoms with Crippen LogP contribution < -0.4 is 11.1 Å². The Morgan fingerprint density at radius 3 is 2.83 bits per heavy atom. The van der Waals surface area contributed by atoms with Crippen molar-refractivity contribution in [3.63, 3.8) is 0 Å². The molecule has 2 aromatic heterocycles. The number of hydrogen-bond acceptors (Lipinski definition) is 6. The van der Waals surface area contributed by atoms with Crippen molar-refractivity contribution in [2.45, 2.75) is 27.0 Å². The lowest BCUT2D eigenvalue weighted by Gasteiger charge is -2.08. The van der Waals surface area contributed by atoms with E-state index in [1.54, 1.807) is 17.5 Å². The van der Waals surface area contributed by atoms with E-state index in [-0.39, 0.29) is 6.61 Å². The number of thiophene rings is 1. The fourth-order valence-corrected chi connectivity index (χ4v) is 2.51. The molecule has 2 heterocycles. The van der Waals surface area contributed by atoms with E-state index >= 15 is 0 Å². The fourth-order valence-electron chi connectivity index (χ4n) is 1.63. The standard InChI is InChI=1S/C12H16N4OS/c1-7-10(6-18-11(7)5-17)15-4-9-3-14-8(2)16-12(9)13/h3,6,15,17H,4-5H2,1-2H3,(H2,13,14,16). The highest BCUT2D eigenvalue weighted by Gasteiger charge is 2.07. The quantitative estimate of drug-likeness (QED) is 0.784. The minimum atomic E-state index is 0.0773. The Morgan fingerprint density at radius 2 is 2.22 bits per heavy atom. The summed E-state index contributed by atoms with van der Waals surface area (Å²) in [5, 5.41) is 14.4. The highest BCUT2D eigenvalue weighted by Crippen LogP contribution is 2.26. The molecule has 0 atom stereocenters. The summed E-state index contributed by atoms with van der Waals surface area (Å²) in [5.41, 5.74) is 8.79. The first-order valence-corrected chi connectivity index (χ1v) is 6.49. The number of aryl methyl sites for hydroxylation is 1. The maximum Gasteiger partial charge on any atom is 0.132 e. The lowest BCUT2D eigenvalue weighted by molar-refractivity contribution is 0.285. The van der Waals surface area contributed by atoms with Crippen molar-refractivity contribution < 1.29 is 5.11 Å². The van der Waals surface area contributed by atoms with Crippen LogP contribution in [0.4, 0.5) is 11.5 Å². The number of nitrogens with two attached hydrogens (primary N) is 1. The predicted molar refractivity (Wildman–Crippen MR) is 73.5 cm³/mol. The summed E-state index contributed by atoms with van der Waals surface area (Å²) >= 11 is 1.54. The second-order valence-electron chi connectivity index (χ2n) is 4.04. The number of aliphatic hydroxyl groups is 1. The lowest BCUT2D eigenvalue weighted by atomic mass is 10.2. The van der Waals surface area contributed by atoms with Gasteiger partial charge in [0, 0.05) is 34.2 Å². The summed E-state index contributed by atoms with van der Waals surface area (Å²) in [7, 11) is 0. The third kappa shape index (κ3) is 2.60. The number of hydrogen-bond donors (Lipinski definition) is 3. The summed E-state index contributed by atoms with van der Waals surface area (Å²) < 4.78 is 0. The van der Waals surface area contributed by atoms with Crippen LogP contribution in [0.15, 0.2) is 11.6 Å². The third-order valence-corrected chi connectivity index (χ3v) is 3.85. The molecule has 0 bridgehead atoms. The molecule has 96 valence electrons. The summed E-state index contributed by atoms with van der Waals surface area (Å²) in [6.45, 7) is 4.45. The Kier molecular flexibility index (Phi) is 3.78. The minimum absolute atomic E-state index is 0.0773. The van der Waals surface area contributed by atoms with Crippen LogP contribution >= 0.6 is 11.3 Å². The molecule has 0 amide bonds. The number of nitrogen functional groups attached to an aromatic ring is 1. The molecule has 4 N–H and O–H groups in total. The van der Waals surface area contributed by atoms with Gasteiger partial charge in [-0.05, 0) is 19.4 Å². The van der Waals surface area contributed by atoms with Crippen molar-refractivity contribution in [3.8, 4) is 0 Å². The van der Waals surface area contributed by atoms with E-state index in [1.807, 2.05) is 19.2 Å². The van der Waals surface area contributed by atoms with Gasteiger partial charge in [-0.2, -0.15) is 0 Å². The maximum atomic E-state index is 9.13. The van der Waals surface area contributed by atoms with Gasteiger partial charge < -0.3 is 16.2 Å². The summed E-state index contributed by atoms with van der Waals surface area (Å²) in [4.78, 5) is 9.22. The topological polar surface area (TPSA) is 84.1 Å². The predicted octanol–water partition coefficient (Wildman–Crippen LogP) is 1.84. The van der Waals surface area contributed by atoms with Crippen LogP contribution in [0, 0.1) is 13.8 Å². The second-order valence-corrected chi connectivity index (χ2v) is 5.00. The summed E-state index contributed by atoms with van der Waals surface area (Å²) in [5.74, 6) is 1.18. The molecular formula is C12H16N4OS. The number of rotatable bonds is 4. The molecule has 0 saturated carbocycles. The molecule has 0 fully saturated rings. The van der Waals surface area contributed by atoms with Gasteiger partial charge >= 0.3 is 0 Å². The van der Waals surface area contributed by atoms with Crippen LogP contribution in [-0.4, -0.2) is 15.1 Å². The zero-order valence-corrected chi connectivity index (χ0v) is 11.2. The van der Waals surface area contributed by atoms with Crippen molar-refractivity contribution in [2.75, 3.05) is 11.1 Å². The zero-order chi connectivity index (χ0) is 13.1. The van der Waals surface area contributed by atoms with Crippen molar-refractivity contribution in [1.82, 2.24) is 9.97 Å². The van der Waals surface area contributed by atoms with E-state index in [4.69, 9.17) is 10.8 Å². The van der Waals surface area contributed by atoms with Gasteiger partial charge in [-0.3, -0.25) is 0 Å². The van der Waals surface area contributed by atoms with E-state index in [1.165, 1.54) is 0 Å². The number of aliphatic hydroxyl groups excluding tert-OH is 1. The van der Waals surface area contributed by atoms with E-state index < -0.39 is 0 Å². The Bertz CT molecular complexity index is 553. The Balaban J connectivity index is 2.09. The van der Waals surface area contributed by atoms with Crippen molar-refractivity contribution in [3.05, 3.63) is 33.4 Å². The van der Waals surface area contributed by atoms with Gasteiger partial charge in [-0.1, -0.05) is 0 Å². The molecule has 6 heteroatoms. The number of anilines is 2. The zero-order valence-electron chi connectivity index (χ0n) is 10.4. The fraction of sp³-hybridized carbons (Fsp3) is 0.333. The third-order valence-electron chi connectivity index (χ3n) is 2.77. The van der Waals surface area contributed by atoms with E-state index in [2.05, 4.69) is 15.3 Å². The van der Waals surface area contributed by atoms with Crippen molar-refractivity contribution in [2.24, 2.45) is 0 Å². The average molecular weight is 264 g/mol. The normalized spacial score (nSPS) is 10.6. The molecule has 0 aliphatic rings. The molecule has 0 saturated heterocycles. The van der Waals surface area contributed by atoms with Crippen LogP contribution in [-0.2, 0) is 13.2 Å². The van der Waals surface area contributed by atoms with Gasteiger partial charge in [0.25, 0.3) is 0 Å².